The highest BCUT2D eigenvalue weighted by molar-refractivity contribution is 5.71. The summed E-state index contributed by atoms with van der Waals surface area (Å²) in [5.41, 5.74) is 5.26. The number of likely N-dealkylation sites (tertiary alicyclic amines) is 1. The van der Waals surface area contributed by atoms with Gasteiger partial charge in [0.1, 0.15) is 29.8 Å². The lowest BCUT2D eigenvalue weighted by molar-refractivity contribution is 0.0301. The number of rotatable bonds is 11. The van der Waals surface area contributed by atoms with E-state index >= 15 is 0 Å². The Labute approximate surface area is 252 Å². The molecule has 228 valence electrons. The fraction of sp³-hybridized carbons (Fsp3) is 0.469. The molecule has 43 heavy (non-hydrogen) atoms. The van der Waals surface area contributed by atoms with Gasteiger partial charge in [-0.2, -0.15) is 0 Å². The number of hydrogen-bond acceptors (Lipinski definition) is 11. The number of aliphatic hydroxyl groups is 1. The summed E-state index contributed by atoms with van der Waals surface area (Å²) in [6, 6.07) is 9.72. The minimum Gasteiger partial charge on any atom is -0.498 e. The van der Waals surface area contributed by atoms with Crippen LogP contribution in [0.4, 0.5) is 23.0 Å². The summed E-state index contributed by atoms with van der Waals surface area (Å²) in [7, 11) is 1.68. The number of nitrogens with one attached hydrogen (secondary N) is 2. The van der Waals surface area contributed by atoms with Gasteiger partial charge in [-0.1, -0.05) is 6.07 Å². The molecule has 0 amide bonds. The normalized spacial score (nSPS) is 19.5. The molecule has 2 aliphatic heterocycles. The number of morpholine rings is 1. The molecule has 2 atom stereocenters. The standard InChI is InChI=1S/C32H41N7O4/c1-22-5-6-24(36-32(40)23-7-8-33-30(17-23)39-12-14-42-15-13-39)18-26(22)37-31-25-19-29(43-16-11-38-9-3-4-10-38)28(41-2)20-27(25)34-21-35-31/h5-8,17-18,20-21,29,32,36,40H,3-4,9-16,19H2,1-2H3,(H,34,35,37). The van der Waals surface area contributed by atoms with Crippen molar-refractivity contribution in [1.82, 2.24) is 19.9 Å². The Balaban J connectivity index is 1.15. The second kappa shape index (κ2) is 13.7. The molecule has 2 aromatic heterocycles. The summed E-state index contributed by atoms with van der Waals surface area (Å²) in [6.07, 6.45) is 7.30. The molecule has 11 heteroatoms. The van der Waals surface area contributed by atoms with Gasteiger partial charge in [0, 0.05) is 60.8 Å². The van der Waals surface area contributed by atoms with Gasteiger partial charge in [-0.3, -0.25) is 0 Å². The van der Waals surface area contributed by atoms with E-state index in [1.165, 1.54) is 12.8 Å². The smallest absolute Gasteiger partial charge is 0.151 e. The van der Waals surface area contributed by atoms with E-state index in [1.54, 1.807) is 19.6 Å². The fourth-order valence-corrected chi connectivity index (χ4v) is 5.82. The van der Waals surface area contributed by atoms with Crippen molar-refractivity contribution in [3.63, 3.8) is 0 Å². The van der Waals surface area contributed by atoms with E-state index in [-0.39, 0.29) is 6.10 Å². The topological polar surface area (TPSA) is 117 Å². The van der Waals surface area contributed by atoms with E-state index in [1.807, 2.05) is 43.3 Å². The molecule has 2 saturated heterocycles. The molecule has 2 unspecified atom stereocenters. The summed E-state index contributed by atoms with van der Waals surface area (Å²) in [5.74, 6) is 2.35. The molecule has 3 aromatic rings. The summed E-state index contributed by atoms with van der Waals surface area (Å²) >= 11 is 0. The number of fused-ring (bicyclic) bond motifs is 1. The number of anilines is 4. The number of aromatic nitrogens is 3. The number of aliphatic hydroxyl groups excluding tert-OH is 1. The molecule has 1 aromatic carbocycles. The Hall–Kier alpha value is -3.77. The van der Waals surface area contributed by atoms with Crippen LogP contribution in [0, 0.1) is 6.92 Å². The number of benzene rings is 1. The number of pyridine rings is 1. The minimum atomic E-state index is -0.902. The molecule has 1 aliphatic carbocycles. The zero-order chi connectivity index (χ0) is 29.6. The molecule has 4 heterocycles. The van der Waals surface area contributed by atoms with Crippen LogP contribution in [-0.4, -0.2) is 90.7 Å². The first-order chi connectivity index (χ1) is 21.1. The van der Waals surface area contributed by atoms with Crippen LogP contribution < -0.4 is 15.5 Å². The third-order valence-corrected chi connectivity index (χ3v) is 8.34. The number of methoxy groups -OCH3 is 1. The van der Waals surface area contributed by atoms with E-state index in [0.29, 0.717) is 26.2 Å². The molecule has 0 saturated carbocycles. The van der Waals surface area contributed by atoms with Crippen molar-refractivity contribution in [2.45, 2.75) is 38.5 Å². The van der Waals surface area contributed by atoms with Crippen molar-refractivity contribution in [2.24, 2.45) is 0 Å². The first-order valence-electron chi connectivity index (χ1n) is 15.1. The average molecular weight is 588 g/mol. The Morgan fingerprint density at radius 2 is 1.91 bits per heavy atom. The maximum Gasteiger partial charge on any atom is 0.151 e. The summed E-state index contributed by atoms with van der Waals surface area (Å²) in [6.45, 7) is 8.84. The van der Waals surface area contributed by atoms with Crippen molar-refractivity contribution >= 4 is 29.1 Å². The highest BCUT2D eigenvalue weighted by atomic mass is 16.5. The average Bonchev–Trinajstić information content (AvgIpc) is 3.57. The van der Waals surface area contributed by atoms with Crippen LogP contribution in [0.25, 0.3) is 6.08 Å². The maximum absolute atomic E-state index is 11.1. The zero-order valence-electron chi connectivity index (χ0n) is 25.0. The van der Waals surface area contributed by atoms with Crippen molar-refractivity contribution in [2.75, 3.05) is 75.2 Å². The minimum absolute atomic E-state index is 0.196. The first-order valence-corrected chi connectivity index (χ1v) is 15.1. The predicted molar refractivity (Wildman–Crippen MR) is 166 cm³/mol. The largest absolute Gasteiger partial charge is 0.498 e. The van der Waals surface area contributed by atoms with E-state index in [4.69, 9.17) is 14.2 Å². The number of nitrogens with zero attached hydrogens (tertiary/aromatic N) is 5. The highest BCUT2D eigenvalue weighted by Crippen LogP contribution is 2.33. The molecular formula is C32H41N7O4. The molecule has 11 nitrogen and oxygen atoms in total. The Morgan fingerprint density at radius 3 is 2.72 bits per heavy atom. The van der Waals surface area contributed by atoms with Gasteiger partial charge in [-0.25, -0.2) is 15.0 Å². The fourth-order valence-electron chi connectivity index (χ4n) is 5.82. The molecule has 2 fully saturated rings. The Bertz CT molecular complexity index is 1420. The molecular weight excluding hydrogens is 546 g/mol. The summed E-state index contributed by atoms with van der Waals surface area (Å²) in [4.78, 5) is 18.2. The van der Waals surface area contributed by atoms with Gasteiger partial charge in [-0.15, -0.1) is 0 Å². The van der Waals surface area contributed by atoms with Crippen LogP contribution in [0.15, 0.2) is 48.6 Å². The van der Waals surface area contributed by atoms with E-state index < -0.39 is 6.23 Å². The van der Waals surface area contributed by atoms with Crippen LogP contribution in [-0.2, 0) is 20.6 Å². The maximum atomic E-state index is 11.1. The summed E-state index contributed by atoms with van der Waals surface area (Å²) in [5, 5.41) is 17.8. The lowest BCUT2D eigenvalue weighted by Gasteiger charge is -2.28. The predicted octanol–water partition coefficient (Wildman–Crippen LogP) is 3.89. The molecule has 0 bridgehead atoms. The molecule has 0 spiro atoms. The third kappa shape index (κ3) is 7.07. The SMILES string of the molecule is COC1=Cc2ncnc(Nc3cc(NC(O)c4ccnc(N5CCOCC5)c4)ccc3C)c2CC1OCCN1CCCC1. The Morgan fingerprint density at radius 1 is 1.07 bits per heavy atom. The lowest BCUT2D eigenvalue weighted by Crippen LogP contribution is -2.36. The van der Waals surface area contributed by atoms with Crippen LogP contribution in [0.1, 0.15) is 41.5 Å². The van der Waals surface area contributed by atoms with Crippen LogP contribution in [0.5, 0.6) is 0 Å². The molecule has 3 aliphatic rings. The number of hydrogen-bond donors (Lipinski definition) is 3. The van der Waals surface area contributed by atoms with Crippen LogP contribution in [0.2, 0.25) is 0 Å². The van der Waals surface area contributed by atoms with Crippen LogP contribution >= 0.6 is 0 Å². The first kappa shape index (κ1) is 29.3. The zero-order valence-corrected chi connectivity index (χ0v) is 25.0. The quantitative estimate of drug-likeness (QED) is 0.284. The second-order valence-electron chi connectivity index (χ2n) is 11.2. The van der Waals surface area contributed by atoms with Gasteiger partial charge in [0.15, 0.2) is 6.23 Å². The van der Waals surface area contributed by atoms with Gasteiger partial charge in [0.05, 0.1) is 32.6 Å². The number of aryl methyl sites for hydroxylation is 1. The van der Waals surface area contributed by atoms with E-state index in [9.17, 15) is 5.11 Å². The van der Waals surface area contributed by atoms with Crippen molar-refractivity contribution in [3.05, 3.63) is 71.0 Å². The van der Waals surface area contributed by atoms with E-state index in [0.717, 1.165) is 83.9 Å². The van der Waals surface area contributed by atoms with Crippen molar-refractivity contribution < 1.29 is 19.3 Å². The third-order valence-electron chi connectivity index (χ3n) is 8.34. The van der Waals surface area contributed by atoms with Gasteiger partial charge in [-0.05, 0) is 62.7 Å². The second-order valence-corrected chi connectivity index (χ2v) is 11.2. The van der Waals surface area contributed by atoms with Gasteiger partial charge >= 0.3 is 0 Å². The Kier molecular flexibility index (Phi) is 9.33. The van der Waals surface area contributed by atoms with Crippen molar-refractivity contribution in [3.8, 4) is 0 Å². The molecule has 3 N–H and O–H groups in total. The van der Waals surface area contributed by atoms with Gasteiger partial charge in [0.2, 0.25) is 0 Å². The molecule has 0 radical (unpaired) electrons. The molecule has 6 rings (SSSR count). The van der Waals surface area contributed by atoms with Crippen molar-refractivity contribution in [1.29, 1.82) is 0 Å². The lowest BCUT2D eigenvalue weighted by atomic mass is 9.98. The summed E-state index contributed by atoms with van der Waals surface area (Å²) < 4.78 is 17.5. The highest BCUT2D eigenvalue weighted by Gasteiger charge is 2.27. The van der Waals surface area contributed by atoms with Gasteiger partial charge < -0.3 is 39.8 Å². The van der Waals surface area contributed by atoms with Gasteiger partial charge in [0.25, 0.3) is 0 Å². The number of ether oxygens (including phenoxy) is 3. The van der Waals surface area contributed by atoms with Crippen LogP contribution in [0.3, 0.4) is 0 Å². The van der Waals surface area contributed by atoms with E-state index in [2.05, 4.69) is 35.4 Å². The monoisotopic (exact) mass is 587 g/mol.